The van der Waals surface area contributed by atoms with E-state index in [2.05, 4.69) is 152 Å². The van der Waals surface area contributed by atoms with Gasteiger partial charge in [0, 0.05) is 65.8 Å². The summed E-state index contributed by atoms with van der Waals surface area (Å²) in [7, 11) is -0.361. The molecule has 0 N–H and O–H groups in total. The monoisotopic (exact) mass is 800 g/mol. The van der Waals surface area contributed by atoms with Crippen molar-refractivity contribution in [2.75, 3.05) is 0 Å². The molecule has 0 spiro atoms. The first-order chi connectivity index (χ1) is 26.8. The van der Waals surface area contributed by atoms with Crippen molar-refractivity contribution in [3.05, 3.63) is 114 Å². The lowest BCUT2D eigenvalue weighted by molar-refractivity contribution is 0.00578. The molecule has 1 aliphatic rings. The molecule has 0 atom stereocenters. The highest BCUT2D eigenvalue weighted by molar-refractivity contribution is 7.25. The van der Waals surface area contributed by atoms with E-state index >= 15 is 0 Å². The maximum Gasteiger partial charge on any atom is 0.496 e. The summed E-state index contributed by atoms with van der Waals surface area (Å²) in [5, 5.41) is 5.40. The largest absolute Gasteiger partial charge is 0.496 e. The third kappa shape index (κ3) is 8.93. The van der Waals surface area contributed by atoms with Gasteiger partial charge in [0.25, 0.3) is 0 Å². The van der Waals surface area contributed by atoms with Crippen molar-refractivity contribution in [2.24, 2.45) is 11.8 Å². The van der Waals surface area contributed by atoms with Crippen LogP contribution in [-0.2, 0) is 22.2 Å². The second-order valence-electron chi connectivity index (χ2n) is 15.9. The van der Waals surface area contributed by atoms with E-state index in [0.29, 0.717) is 17.0 Å². The van der Waals surface area contributed by atoms with Gasteiger partial charge in [-0.15, -0.1) is 22.7 Å². The Balaban J connectivity index is 0.000000137. The molecular formula is C44H46BClN6O2S2. The number of rotatable bonds is 6. The van der Waals surface area contributed by atoms with Crippen LogP contribution in [0.5, 0.6) is 0 Å². The summed E-state index contributed by atoms with van der Waals surface area (Å²) in [6, 6.07) is 25.1. The smallest absolute Gasteiger partial charge is 0.399 e. The predicted molar refractivity (Wildman–Crippen MR) is 235 cm³/mol. The van der Waals surface area contributed by atoms with Crippen LogP contribution in [0, 0.1) is 11.8 Å². The maximum absolute atomic E-state index is 6.13. The summed E-state index contributed by atoms with van der Waals surface area (Å²) >= 11 is 9.13. The van der Waals surface area contributed by atoms with E-state index in [-0.39, 0.29) is 18.3 Å². The van der Waals surface area contributed by atoms with Crippen molar-refractivity contribution < 1.29 is 9.31 Å². The molecule has 6 aromatic heterocycles. The highest BCUT2D eigenvalue weighted by Gasteiger charge is 2.51. The van der Waals surface area contributed by atoms with Crippen LogP contribution in [0.1, 0.15) is 66.8 Å². The molecule has 0 bridgehead atoms. The van der Waals surface area contributed by atoms with Crippen LogP contribution in [0.3, 0.4) is 0 Å². The van der Waals surface area contributed by atoms with Crippen molar-refractivity contribution in [1.82, 2.24) is 29.9 Å². The average molecular weight is 801 g/mol. The van der Waals surface area contributed by atoms with Crippen LogP contribution in [0.4, 0.5) is 0 Å². The molecule has 0 radical (unpaired) electrons. The molecule has 7 heterocycles. The fourth-order valence-corrected chi connectivity index (χ4v) is 8.69. The summed E-state index contributed by atoms with van der Waals surface area (Å²) in [5.41, 5.74) is 4.41. The van der Waals surface area contributed by atoms with E-state index in [1.54, 1.807) is 29.0 Å². The van der Waals surface area contributed by atoms with Gasteiger partial charge in [0.2, 0.25) is 0 Å². The number of benzene rings is 2. The van der Waals surface area contributed by atoms with Gasteiger partial charge in [0.1, 0.15) is 27.5 Å². The van der Waals surface area contributed by atoms with Gasteiger partial charge in [-0.2, -0.15) is 0 Å². The third-order valence-corrected chi connectivity index (χ3v) is 12.4. The first kappa shape index (κ1) is 39.8. The average Bonchev–Trinajstić information content (AvgIpc) is 3.79. The molecule has 2 aromatic carbocycles. The zero-order chi connectivity index (χ0) is 39.6. The Morgan fingerprint density at radius 2 is 1.12 bits per heavy atom. The molecule has 9 rings (SSSR count). The number of halogens is 1. The van der Waals surface area contributed by atoms with Crippen LogP contribution in [0.15, 0.2) is 97.8 Å². The number of hydrogen-bond donors (Lipinski definition) is 0. The molecule has 286 valence electrons. The first-order valence-electron chi connectivity index (χ1n) is 18.9. The predicted octanol–water partition coefficient (Wildman–Crippen LogP) is 11.2. The molecule has 12 heteroatoms. The van der Waals surface area contributed by atoms with Gasteiger partial charge in [-0.05, 0) is 82.7 Å². The van der Waals surface area contributed by atoms with Crippen LogP contribution in [0.25, 0.3) is 51.9 Å². The Hall–Kier alpha value is -4.39. The zero-order valence-electron chi connectivity index (χ0n) is 33.1. The normalized spacial score (nSPS) is 14.7. The summed E-state index contributed by atoms with van der Waals surface area (Å²) in [6.07, 6.45) is 8.87. The minimum Gasteiger partial charge on any atom is -0.399 e. The van der Waals surface area contributed by atoms with Gasteiger partial charge >= 0.3 is 7.12 Å². The first-order valence-corrected chi connectivity index (χ1v) is 21.0. The summed E-state index contributed by atoms with van der Waals surface area (Å²) < 4.78 is 14.8. The van der Waals surface area contributed by atoms with Gasteiger partial charge in [-0.25, -0.2) is 29.9 Å². The number of pyridine rings is 2. The quantitative estimate of drug-likeness (QED) is 0.121. The van der Waals surface area contributed by atoms with Crippen LogP contribution < -0.4 is 5.46 Å². The number of thiophene rings is 2. The summed E-state index contributed by atoms with van der Waals surface area (Å²) in [6.45, 7) is 17.0. The maximum atomic E-state index is 6.13. The lowest BCUT2D eigenvalue weighted by Crippen LogP contribution is -2.41. The lowest BCUT2D eigenvalue weighted by Gasteiger charge is -2.32. The molecular weight excluding hydrogens is 755 g/mol. The second kappa shape index (κ2) is 16.6. The summed E-state index contributed by atoms with van der Waals surface area (Å²) in [4.78, 5) is 28.1. The molecule has 1 fully saturated rings. The number of fused-ring (bicyclic) bond motifs is 6. The van der Waals surface area contributed by atoms with Crippen LogP contribution >= 0.6 is 34.3 Å². The van der Waals surface area contributed by atoms with E-state index in [9.17, 15) is 0 Å². The Morgan fingerprint density at radius 1 is 0.607 bits per heavy atom. The molecule has 1 saturated heterocycles. The lowest BCUT2D eigenvalue weighted by atomic mass is 9.80. The van der Waals surface area contributed by atoms with Crippen molar-refractivity contribution in [3.63, 3.8) is 0 Å². The highest BCUT2D eigenvalue weighted by Crippen LogP contribution is 2.38. The van der Waals surface area contributed by atoms with Gasteiger partial charge in [-0.3, -0.25) is 0 Å². The van der Waals surface area contributed by atoms with Gasteiger partial charge in [-0.1, -0.05) is 81.8 Å². The SMILES string of the molecule is CC(C)Cc1cc(-c2cnc3sc4ccccc4c3c2)ncn1.CC(C)Cc1cc(Cl)ncn1.CC1(C)OB(c2cnc3sc4ccccc4c3c2)OC1(C)C. The molecule has 0 saturated carbocycles. The fourth-order valence-electron chi connectivity index (χ4n) is 6.47. The molecule has 1 aliphatic heterocycles. The van der Waals surface area contributed by atoms with E-state index in [0.717, 1.165) is 50.6 Å². The molecule has 0 unspecified atom stereocenters. The fraction of sp³-hybridized carbons (Fsp3) is 0.318. The Kier molecular flexibility index (Phi) is 11.8. The van der Waals surface area contributed by atoms with E-state index < -0.39 is 0 Å². The van der Waals surface area contributed by atoms with E-state index in [4.69, 9.17) is 20.9 Å². The number of hydrogen-bond acceptors (Lipinski definition) is 10. The van der Waals surface area contributed by atoms with Gasteiger partial charge < -0.3 is 9.31 Å². The van der Waals surface area contributed by atoms with Gasteiger partial charge in [0.15, 0.2) is 0 Å². The molecule has 56 heavy (non-hydrogen) atoms. The number of aromatic nitrogens is 6. The van der Waals surface area contributed by atoms with Crippen LogP contribution in [0.2, 0.25) is 5.15 Å². The minimum absolute atomic E-state index is 0.330. The molecule has 0 aliphatic carbocycles. The van der Waals surface area contributed by atoms with Gasteiger partial charge in [0.05, 0.1) is 16.9 Å². The Bertz CT molecular complexity index is 2610. The summed E-state index contributed by atoms with van der Waals surface area (Å²) in [5.74, 6) is 1.19. The van der Waals surface area contributed by atoms with E-state index in [1.165, 1.54) is 37.3 Å². The van der Waals surface area contributed by atoms with Crippen molar-refractivity contribution in [1.29, 1.82) is 0 Å². The molecule has 0 amide bonds. The second-order valence-corrected chi connectivity index (χ2v) is 18.4. The van der Waals surface area contributed by atoms with Crippen molar-refractivity contribution >= 4 is 87.5 Å². The topological polar surface area (TPSA) is 95.8 Å². The zero-order valence-corrected chi connectivity index (χ0v) is 35.5. The Labute approximate surface area is 341 Å². The minimum atomic E-state index is -0.361. The van der Waals surface area contributed by atoms with Crippen LogP contribution in [-0.4, -0.2) is 48.2 Å². The number of nitrogens with zero attached hydrogens (tertiary/aromatic N) is 6. The van der Waals surface area contributed by atoms with Crippen molar-refractivity contribution in [2.45, 2.75) is 79.4 Å². The van der Waals surface area contributed by atoms with Crippen molar-refractivity contribution in [3.8, 4) is 11.3 Å². The molecule has 8 aromatic rings. The Morgan fingerprint density at radius 3 is 1.70 bits per heavy atom. The highest BCUT2D eigenvalue weighted by atomic mass is 35.5. The standard InChI is InChI=1S/C19H17N3S.C17H18BNO2S.C8H11ClN2/c1-12(2)7-14-9-17(22-11-21-14)13-8-16-15-5-3-4-6-18(15)23-19(16)20-10-13;1-16(2)17(3,4)21-18(20-16)11-9-13-12-7-5-6-8-14(12)22-15(13)19-10-11;1-6(2)3-7-4-8(9)11-5-10-7/h3-6,8-12H,7H2,1-2H3;5-10H,1-4H3;4-6H,3H2,1-2H3. The van der Waals surface area contributed by atoms with E-state index in [1.807, 2.05) is 18.5 Å². The third-order valence-electron chi connectivity index (χ3n) is 9.96. The molecule has 8 nitrogen and oxygen atoms in total.